The summed E-state index contributed by atoms with van der Waals surface area (Å²) in [6.07, 6.45) is 3.25. The standard InChI is InChI=1S/C15H17N3O2/c1-11-6-7-12(9-17-11)15(19)18(2)10-13-5-4-8-16-14(13)20-3/h4-9H,10H2,1-3H3. The summed E-state index contributed by atoms with van der Waals surface area (Å²) in [6, 6.07) is 7.32. The van der Waals surface area contributed by atoms with E-state index >= 15 is 0 Å². The molecule has 104 valence electrons. The molecule has 0 aromatic carbocycles. The average Bonchev–Trinajstić information content (AvgIpc) is 2.48. The minimum atomic E-state index is -0.0802. The van der Waals surface area contributed by atoms with Crippen molar-refractivity contribution < 1.29 is 9.53 Å². The van der Waals surface area contributed by atoms with Gasteiger partial charge in [0, 0.05) is 30.7 Å². The molecule has 0 fully saturated rings. The SMILES string of the molecule is COc1ncccc1CN(C)C(=O)c1ccc(C)nc1. The van der Waals surface area contributed by atoms with Gasteiger partial charge in [0.15, 0.2) is 0 Å². The number of amides is 1. The average molecular weight is 271 g/mol. The smallest absolute Gasteiger partial charge is 0.255 e. The Morgan fingerprint density at radius 3 is 2.75 bits per heavy atom. The van der Waals surface area contributed by atoms with Gasteiger partial charge in [-0.3, -0.25) is 9.78 Å². The number of nitrogens with zero attached hydrogens (tertiary/aromatic N) is 3. The van der Waals surface area contributed by atoms with Crippen molar-refractivity contribution in [2.24, 2.45) is 0 Å². The first-order chi connectivity index (χ1) is 9.61. The maximum atomic E-state index is 12.3. The van der Waals surface area contributed by atoms with Gasteiger partial charge in [0.05, 0.1) is 19.2 Å². The molecule has 0 bridgehead atoms. The molecule has 0 radical (unpaired) electrons. The van der Waals surface area contributed by atoms with Crippen molar-refractivity contribution in [3.8, 4) is 5.88 Å². The number of rotatable bonds is 4. The number of hydrogen-bond acceptors (Lipinski definition) is 4. The summed E-state index contributed by atoms with van der Waals surface area (Å²) in [6.45, 7) is 2.32. The Balaban J connectivity index is 2.13. The molecular weight excluding hydrogens is 254 g/mol. The van der Waals surface area contributed by atoms with Gasteiger partial charge in [-0.15, -0.1) is 0 Å². The van der Waals surface area contributed by atoms with Crippen LogP contribution in [0.5, 0.6) is 5.88 Å². The summed E-state index contributed by atoms with van der Waals surface area (Å²) < 4.78 is 5.19. The van der Waals surface area contributed by atoms with Gasteiger partial charge < -0.3 is 9.64 Å². The van der Waals surface area contributed by atoms with Gasteiger partial charge >= 0.3 is 0 Å². The number of carbonyl (C=O) groups is 1. The summed E-state index contributed by atoms with van der Waals surface area (Å²) >= 11 is 0. The number of methoxy groups -OCH3 is 1. The van der Waals surface area contributed by atoms with E-state index in [2.05, 4.69) is 9.97 Å². The molecule has 1 amide bonds. The van der Waals surface area contributed by atoms with Crippen molar-refractivity contribution >= 4 is 5.91 Å². The molecule has 0 aliphatic rings. The summed E-state index contributed by atoms with van der Waals surface area (Å²) in [4.78, 5) is 22.2. The van der Waals surface area contributed by atoms with Crippen molar-refractivity contribution in [1.29, 1.82) is 0 Å². The van der Waals surface area contributed by atoms with Gasteiger partial charge in [0.1, 0.15) is 0 Å². The zero-order valence-electron chi connectivity index (χ0n) is 11.8. The summed E-state index contributed by atoms with van der Waals surface area (Å²) in [5, 5.41) is 0. The second-order valence-electron chi connectivity index (χ2n) is 4.52. The minimum absolute atomic E-state index is 0.0802. The maximum absolute atomic E-state index is 12.3. The highest BCUT2D eigenvalue weighted by atomic mass is 16.5. The molecule has 0 aliphatic heterocycles. The predicted molar refractivity (Wildman–Crippen MR) is 75.6 cm³/mol. The number of pyridine rings is 2. The van der Waals surface area contributed by atoms with Crippen LogP contribution in [0.3, 0.4) is 0 Å². The van der Waals surface area contributed by atoms with Crippen molar-refractivity contribution in [1.82, 2.24) is 14.9 Å². The van der Waals surface area contributed by atoms with Crippen LogP contribution in [0.4, 0.5) is 0 Å². The van der Waals surface area contributed by atoms with Gasteiger partial charge in [-0.05, 0) is 25.1 Å². The molecule has 20 heavy (non-hydrogen) atoms. The van der Waals surface area contributed by atoms with Crippen LogP contribution in [0, 0.1) is 6.92 Å². The number of hydrogen-bond donors (Lipinski definition) is 0. The molecule has 2 heterocycles. The highest BCUT2D eigenvalue weighted by Gasteiger charge is 2.14. The Kier molecular flexibility index (Phi) is 4.30. The van der Waals surface area contributed by atoms with Crippen molar-refractivity contribution in [2.75, 3.05) is 14.2 Å². The van der Waals surface area contributed by atoms with E-state index in [-0.39, 0.29) is 5.91 Å². The first-order valence-electron chi connectivity index (χ1n) is 6.28. The largest absolute Gasteiger partial charge is 0.481 e. The molecule has 5 heteroatoms. The van der Waals surface area contributed by atoms with E-state index in [0.29, 0.717) is 18.0 Å². The molecule has 2 rings (SSSR count). The molecule has 0 aliphatic carbocycles. The lowest BCUT2D eigenvalue weighted by Gasteiger charge is -2.18. The van der Waals surface area contributed by atoms with Crippen LogP contribution in [-0.4, -0.2) is 34.9 Å². The van der Waals surface area contributed by atoms with Crippen LogP contribution >= 0.6 is 0 Å². The van der Waals surface area contributed by atoms with Gasteiger partial charge in [0.2, 0.25) is 5.88 Å². The first kappa shape index (κ1) is 14.0. The highest BCUT2D eigenvalue weighted by Crippen LogP contribution is 2.16. The van der Waals surface area contributed by atoms with Crippen molar-refractivity contribution in [2.45, 2.75) is 13.5 Å². The lowest BCUT2D eigenvalue weighted by atomic mass is 10.2. The van der Waals surface area contributed by atoms with E-state index in [4.69, 9.17) is 4.74 Å². The van der Waals surface area contributed by atoms with Gasteiger partial charge in [-0.25, -0.2) is 4.98 Å². The van der Waals surface area contributed by atoms with Gasteiger partial charge in [-0.1, -0.05) is 6.07 Å². The van der Waals surface area contributed by atoms with Crippen LogP contribution in [0.1, 0.15) is 21.6 Å². The number of ether oxygens (including phenoxy) is 1. The molecule has 0 N–H and O–H groups in total. The maximum Gasteiger partial charge on any atom is 0.255 e. The third kappa shape index (κ3) is 3.12. The number of aromatic nitrogens is 2. The zero-order chi connectivity index (χ0) is 14.5. The molecule has 0 atom stereocenters. The van der Waals surface area contributed by atoms with E-state index in [1.807, 2.05) is 25.1 Å². The fraction of sp³-hybridized carbons (Fsp3) is 0.267. The quantitative estimate of drug-likeness (QED) is 0.854. The summed E-state index contributed by atoms with van der Waals surface area (Å²) in [5.74, 6) is 0.456. The second kappa shape index (κ2) is 6.14. The Morgan fingerprint density at radius 1 is 1.30 bits per heavy atom. The molecular formula is C15H17N3O2. The van der Waals surface area contributed by atoms with Crippen LogP contribution in [-0.2, 0) is 6.54 Å². The Hall–Kier alpha value is -2.43. The highest BCUT2D eigenvalue weighted by molar-refractivity contribution is 5.93. The fourth-order valence-corrected chi connectivity index (χ4v) is 1.87. The molecule has 0 saturated heterocycles. The van der Waals surface area contributed by atoms with Gasteiger partial charge in [0.25, 0.3) is 5.91 Å². The lowest BCUT2D eigenvalue weighted by Crippen LogP contribution is -2.26. The molecule has 2 aromatic rings. The van der Waals surface area contributed by atoms with Crippen LogP contribution in [0.15, 0.2) is 36.7 Å². The van der Waals surface area contributed by atoms with Crippen molar-refractivity contribution in [3.63, 3.8) is 0 Å². The third-order valence-corrected chi connectivity index (χ3v) is 2.96. The third-order valence-electron chi connectivity index (χ3n) is 2.96. The predicted octanol–water partition coefficient (Wildman–Crippen LogP) is 2.07. The Morgan fingerprint density at radius 2 is 2.10 bits per heavy atom. The van der Waals surface area contributed by atoms with E-state index in [1.54, 1.807) is 37.5 Å². The van der Waals surface area contributed by atoms with Crippen LogP contribution in [0.2, 0.25) is 0 Å². The normalized spacial score (nSPS) is 10.2. The van der Waals surface area contributed by atoms with E-state index < -0.39 is 0 Å². The summed E-state index contributed by atoms with van der Waals surface area (Å²) in [7, 11) is 3.31. The Bertz CT molecular complexity index is 596. The molecule has 2 aromatic heterocycles. The van der Waals surface area contributed by atoms with Crippen LogP contribution < -0.4 is 4.74 Å². The molecule has 0 unspecified atom stereocenters. The van der Waals surface area contributed by atoms with E-state index in [9.17, 15) is 4.79 Å². The lowest BCUT2D eigenvalue weighted by molar-refractivity contribution is 0.0783. The van der Waals surface area contributed by atoms with Crippen molar-refractivity contribution in [3.05, 3.63) is 53.5 Å². The Labute approximate surface area is 118 Å². The van der Waals surface area contributed by atoms with E-state index in [1.165, 1.54) is 0 Å². The molecule has 0 saturated carbocycles. The number of aryl methyl sites for hydroxylation is 1. The minimum Gasteiger partial charge on any atom is -0.481 e. The zero-order valence-corrected chi connectivity index (χ0v) is 11.8. The second-order valence-corrected chi connectivity index (χ2v) is 4.52. The molecule has 5 nitrogen and oxygen atoms in total. The van der Waals surface area contributed by atoms with Crippen LogP contribution in [0.25, 0.3) is 0 Å². The fourth-order valence-electron chi connectivity index (χ4n) is 1.87. The van der Waals surface area contributed by atoms with E-state index in [0.717, 1.165) is 11.3 Å². The topological polar surface area (TPSA) is 55.3 Å². The summed E-state index contributed by atoms with van der Waals surface area (Å²) in [5.41, 5.74) is 2.32. The monoisotopic (exact) mass is 271 g/mol. The first-order valence-corrected chi connectivity index (χ1v) is 6.28. The molecule has 0 spiro atoms. The van der Waals surface area contributed by atoms with Gasteiger partial charge in [-0.2, -0.15) is 0 Å². The number of carbonyl (C=O) groups excluding carboxylic acids is 1.